The third-order valence-electron chi connectivity index (χ3n) is 6.21. The van der Waals surface area contributed by atoms with Gasteiger partial charge in [0.25, 0.3) is 0 Å². The number of nitrogens with one attached hydrogen (secondary N) is 1. The van der Waals surface area contributed by atoms with Crippen LogP contribution in [0.5, 0.6) is 0 Å². The predicted molar refractivity (Wildman–Crippen MR) is 115 cm³/mol. The summed E-state index contributed by atoms with van der Waals surface area (Å²) in [5, 5.41) is 3.02. The number of benzene rings is 2. The van der Waals surface area contributed by atoms with Crippen molar-refractivity contribution in [1.82, 2.24) is 9.80 Å². The van der Waals surface area contributed by atoms with E-state index < -0.39 is 0 Å². The number of aryl methyl sites for hydroxylation is 2. The highest BCUT2D eigenvalue weighted by atomic mass is 19.1. The molecular formula is C24H28FN3O2. The van der Waals surface area contributed by atoms with Crippen LogP contribution in [-0.2, 0) is 9.59 Å². The van der Waals surface area contributed by atoms with E-state index in [1.165, 1.54) is 6.07 Å². The van der Waals surface area contributed by atoms with E-state index in [1.807, 2.05) is 43.0 Å². The molecule has 0 spiro atoms. The number of para-hydroxylation sites is 1. The highest BCUT2D eigenvalue weighted by Crippen LogP contribution is 2.49. The average molecular weight is 410 g/mol. The number of piperazine rings is 1. The Morgan fingerprint density at radius 1 is 1.00 bits per heavy atom. The molecule has 1 aliphatic carbocycles. The van der Waals surface area contributed by atoms with E-state index in [0.717, 1.165) is 23.2 Å². The summed E-state index contributed by atoms with van der Waals surface area (Å²) in [6.07, 6.45) is 0.720. The van der Waals surface area contributed by atoms with E-state index in [9.17, 15) is 14.0 Å². The van der Waals surface area contributed by atoms with Crippen molar-refractivity contribution in [2.24, 2.45) is 5.92 Å². The number of amides is 2. The Balaban J connectivity index is 1.26. The SMILES string of the molecule is Cc1cccc(C)c1NC(=O)CN1CCN(C(=O)C2CC2c2ccccc2F)CC1. The molecular weight excluding hydrogens is 381 g/mol. The standard InChI is InChI=1S/C24H28FN3O2/c1-16-6-5-7-17(2)23(16)26-22(29)15-27-10-12-28(13-11-27)24(30)20-14-19(20)18-8-3-4-9-21(18)25/h3-9,19-20H,10-15H2,1-2H3,(H,26,29). The zero-order valence-corrected chi connectivity index (χ0v) is 17.5. The van der Waals surface area contributed by atoms with Crippen molar-refractivity contribution in [3.63, 3.8) is 0 Å². The van der Waals surface area contributed by atoms with Crippen LogP contribution in [0.4, 0.5) is 10.1 Å². The monoisotopic (exact) mass is 409 g/mol. The second kappa shape index (κ2) is 8.56. The van der Waals surface area contributed by atoms with E-state index in [4.69, 9.17) is 0 Å². The molecule has 0 bridgehead atoms. The minimum absolute atomic E-state index is 0.000130. The Morgan fingerprint density at radius 2 is 1.67 bits per heavy atom. The van der Waals surface area contributed by atoms with Crippen LogP contribution in [0.2, 0.25) is 0 Å². The van der Waals surface area contributed by atoms with Crippen molar-refractivity contribution >= 4 is 17.5 Å². The van der Waals surface area contributed by atoms with Crippen molar-refractivity contribution in [1.29, 1.82) is 0 Å². The normalized spacial score (nSPS) is 21.4. The number of hydrogen-bond acceptors (Lipinski definition) is 3. The maximum Gasteiger partial charge on any atom is 0.238 e. The summed E-state index contributed by atoms with van der Waals surface area (Å²) in [5.41, 5.74) is 3.63. The van der Waals surface area contributed by atoms with Crippen molar-refractivity contribution in [2.75, 3.05) is 38.0 Å². The van der Waals surface area contributed by atoms with E-state index in [0.29, 0.717) is 38.3 Å². The van der Waals surface area contributed by atoms with Gasteiger partial charge in [-0.15, -0.1) is 0 Å². The maximum atomic E-state index is 14.0. The van der Waals surface area contributed by atoms with Crippen LogP contribution in [0.1, 0.15) is 29.0 Å². The fourth-order valence-corrected chi connectivity index (χ4v) is 4.34. The summed E-state index contributed by atoms with van der Waals surface area (Å²) in [7, 11) is 0. The fourth-order valence-electron chi connectivity index (χ4n) is 4.34. The number of nitrogens with zero attached hydrogens (tertiary/aromatic N) is 2. The van der Waals surface area contributed by atoms with Crippen molar-refractivity contribution in [3.8, 4) is 0 Å². The number of rotatable bonds is 5. The van der Waals surface area contributed by atoms with E-state index in [2.05, 4.69) is 10.2 Å². The summed E-state index contributed by atoms with van der Waals surface area (Å²) in [5.74, 6) is -0.255. The minimum atomic E-state index is -0.225. The van der Waals surface area contributed by atoms with Gasteiger partial charge in [-0.25, -0.2) is 4.39 Å². The Hall–Kier alpha value is -2.73. The fraction of sp³-hybridized carbons (Fsp3) is 0.417. The van der Waals surface area contributed by atoms with Gasteiger partial charge >= 0.3 is 0 Å². The van der Waals surface area contributed by atoms with Gasteiger partial charge < -0.3 is 10.2 Å². The molecule has 1 heterocycles. The van der Waals surface area contributed by atoms with Crippen LogP contribution in [0.15, 0.2) is 42.5 Å². The zero-order valence-electron chi connectivity index (χ0n) is 17.5. The molecule has 2 atom stereocenters. The van der Waals surface area contributed by atoms with Crippen LogP contribution in [-0.4, -0.2) is 54.3 Å². The molecule has 0 radical (unpaired) electrons. The summed E-state index contributed by atoms with van der Waals surface area (Å²) >= 11 is 0. The molecule has 1 saturated heterocycles. The van der Waals surface area contributed by atoms with Crippen molar-refractivity contribution in [3.05, 3.63) is 65.0 Å². The molecule has 2 aliphatic rings. The molecule has 30 heavy (non-hydrogen) atoms. The van der Waals surface area contributed by atoms with Gasteiger partial charge in [0.15, 0.2) is 0 Å². The molecule has 2 amide bonds. The Kier molecular flexibility index (Phi) is 5.86. The molecule has 158 valence electrons. The van der Waals surface area contributed by atoms with Gasteiger partial charge in [-0.1, -0.05) is 36.4 Å². The first-order chi connectivity index (χ1) is 14.4. The number of carbonyl (C=O) groups excluding carboxylic acids is 2. The number of anilines is 1. The van der Waals surface area contributed by atoms with Gasteiger partial charge in [0.2, 0.25) is 11.8 Å². The number of carbonyl (C=O) groups is 2. The first-order valence-corrected chi connectivity index (χ1v) is 10.6. The minimum Gasteiger partial charge on any atom is -0.340 e. The number of halogens is 1. The summed E-state index contributed by atoms with van der Waals surface area (Å²) in [4.78, 5) is 29.2. The molecule has 0 aromatic heterocycles. The van der Waals surface area contributed by atoms with E-state index in [-0.39, 0.29) is 29.5 Å². The lowest BCUT2D eigenvalue weighted by molar-refractivity contribution is -0.134. The molecule has 5 nitrogen and oxygen atoms in total. The van der Waals surface area contributed by atoms with Gasteiger partial charge in [-0.3, -0.25) is 14.5 Å². The second-order valence-electron chi connectivity index (χ2n) is 8.39. The Labute approximate surface area is 176 Å². The highest BCUT2D eigenvalue weighted by Gasteiger charge is 2.47. The molecule has 2 unspecified atom stereocenters. The lowest BCUT2D eigenvalue weighted by Gasteiger charge is -2.34. The van der Waals surface area contributed by atoms with Gasteiger partial charge in [0, 0.05) is 37.8 Å². The first kappa shape index (κ1) is 20.5. The van der Waals surface area contributed by atoms with Crippen LogP contribution in [0.25, 0.3) is 0 Å². The smallest absolute Gasteiger partial charge is 0.238 e. The highest BCUT2D eigenvalue weighted by molar-refractivity contribution is 5.93. The van der Waals surface area contributed by atoms with Crippen LogP contribution >= 0.6 is 0 Å². The van der Waals surface area contributed by atoms with Crippen LogP contribution in [0, 0.1) is 25.6 Å². The van der Waals surface area contributed by atoms with Gasteiger partial charge in [0.1, 0.15) is 5.82 Å². The molecule has 1 saturated carbocycles. The summed E-state index contributed by atoms with van der Waals surface area (Å²) in [6.45, 7) is 6.84. The topological polar surface area (TPSA) is 52.7 Å². The Morgan fingerprint density at radius 3 is 2.33 bits per heavy atom. The molecule has 6 heteroatoms. The largest absolute Gasteiger partial charge is 0.340 e. The van der Waals surface area contributed by atoms with E-state index >= 15 is 0 Å². The lowest BCUT2D eigenvalue weighted by atomic mass is 10.1. The molecule has 1 N–H and O–H groups in total. The van der Waals surface area contributed by atoms with Crippen LogP contribution < -0.4 is 5.32 Å². The average Bonchev–Trinajstić information content (AvgIpc) is 3.52. The van der Waals surface area contributed by atoms with Crippen molar-refractivity contribution in [2.45, 2.75) is 26.2 Å². The van der Waals surface area contributed by atoms with E-state index in [1.54, 1.807) is 12.1 Å². The van der Waals surface area contributed by atoms with Crippen LogP contribution in [0.3, 0.4) is 0 Å². The Bertz CT molecular complexity index is 933. The molecule has 2 aromatic carbocycles. The maximum absolute atomic E-state index is 14.0. The lowest BCUT2D eigenvalue weighted by Crippen LogP contribution is -2.51. The van der Waals surface area contributed by atoms with Gasteiger partial charge in [-0.2, -0.15) is 0 Å². The third-order valence-corrected chi connectivity index (χ3v) is 6.21. The third kappa shape index (κ3) is 4.38. The predicted octanol–water partition coefficient (Wildman–Crippen LogP) is 3.33. The van der Waals surface area contributed by atoms with Crippen molar-refractivity contribution < 1.29 is 14.0 Å². The van der Waals surface area contributed by atoms with Gasteiger partial charge in [-0.05, 0) is 48.9 Å². The quantitative estimate of drug-likeness (QED) is 0.824. The molecule has 1 aliphatic heterocycles. The van der Waals surface area contributed by atoms with Gasteiger partial charge in [0.05, 0.1) is 6.54 Å². The molecule has 4 rings (SSSR count). The summed E-state index contributed by atoms with van der Waals surface area (Å²) < 4.78 is 14.0. The summed E-state index contributed by atoms with van der Waals surface area (Å²) in [6, 6.07) is 12.7. The first-order valence-electron chi connectivity index (χ1n) is 10.6. The second-order valence-corrected chi connectivity index (χ2v) is 8.39. The molecule has 2 aromatic rings. The molecule has 2 fully saturated rings. The number of hydrogen-bond donors (Lipinski definition) is 1. The zero-order chi connectivity index (χ0) is 21.3.